The molecule has 0 saturated heterocycles. The Kier molecular flexibility index (Phi) is 6.15. The maximum absolute atomic E-state index is 13.4. The first-order valence-corrected chi connectivity index (χ1v) is 6.17. The summed E-state index contributed by atoms with van der Waals surface area (Å²) in [6.07, 6.45) is 1.68. The second kappa shape index (κ2) is 7.40. The van der Waals surface area contributed by atoms with Gasteiger partial charge in [-0.2, -0.15) is 0 Å². The molecule has 0 aliphatic rings. The first-order valence-electron chi connectivity index (χ1n) is 5.38. The molecule has 0 saturated carbocycles. The van der Waals surface area contributed by atoms with Gasteiger partial charge in [0.25, 0.3) is 5.91 Å². The molecule has 1 rings (SSSR count). The minimum Gasteiger partial charge on any atom is -0.385 e. The van der Waals surface area contributed by atoms with Crippen LogP contribution in [-0.4, -0.2) is 26.2 Å². The van der Waals surface area contributed by atoms with Gasteiger partial charge in [0, 0.05) is 24.7 Å². The standard InChI is InChI=1S/C12H15BrFNO2/c1-17-8-3-2-7-15-12(16)11-9(13)5-4-6-10(11)14/h4-6H,2-3,7-8H2,1H3,(H,15,16). The summed E-state index contributed by atoms with van der Waals surface area (Å²) in [7, 11) is 1.63. The molecule has 0 spiro atoms. The number of hydrogen-bond acceptors (Lipinski definition) is 2. The average Bonchev–Trinajstić information content (AvgIpc) is 2.28. The Balaban J connectivity index is 2.47. The lowest BCUT2D eigenvalue weighted by atomic mass is 10.2. The number of hydrogen-bond donors (Lipinski definition) is 1. The van der Waals surface area contributed by atoms with Crippen LogP contribution in [0.5, 0.6) is 0 Å². The van der Waals surface area contributed by atoms with E-state index in [2.05, 4.69) is 21.2 Å². The Morgan fingerprint density at radius 1 is 1.47 bits per heavy atom. The van der Waals surface area contributed by atoms with Crippen molar-refractivity contribution < 1.29 is 13.9 Å². The average molecular weight is 304 g/mol. The van der Waals surface area contributed by atoms with Crippen molar-refractivity contribution in [2.45, 2.75) is 12.8 Å². The van der Waals surface area contributed by atoms with Crippen LogP contribution in [0.3, 0.4) is 0 Å². The molecule has 0 aliphatic carbocycles. The Labute approximate surface area is 108 Å². The van der Waals surface area contributed by atoms with E-state index >= 15 is 0 Å². The Morgan fingerprint density at radius 2 is 2.24 bits per heavy atom. The number of amides is 1. The van der Waals surface area contributed by atoms with Crippen molar-refractivity contribution in [2.75, 3.05) is 20.3 Å². The lowest BCUT2D eigenvalue weighted by Crippen LogP contribution is -2.26. The monoisotopic (exact) mass is 303 g/mol. The number of carbonyl (C=O) groups excluding carboxylic acids is 1. The molecule has 0 aliphatic heterocycles. The summed E-state index contributed by atoms with van der Waals surface area (Å²) in [6, 6.07) is 4.46. The molecule has 0 radical (unpaired) electrons. The first-order chi connectivity index (χ1) is 8.16. The Hall–Kier alpha value is -0.940. The molecule has 0 aromatic heterocycles. The van der Waals surface area contributed by atoms with Gasteiger partial charge in [-0.05, 0) is 40.9 Å². The van der Waals surface area contributed by atoms with Crippen LogP contribution >= 0.6 is 15.9 Å². The molecule has 0 fully saturated rings. The van der Waals surface area contributed by atoms with Gasteiger partial charge in [0.2, 0.25) is 0 Å². The third-order valence-electron chi connectivity index (χ3n) is 2.25. The first kappa shape index (κ1) is 14.1. The summed E-state index contributed by atoms with van der Waals surface area (Å²) in [5, 5.41) is 2.68. The van der Waals surface area contributed by atoms with Crippen LogP contribution in [0.2, 0.25) is 0 Å². The van der Waals surface area contributed by atoms with Crippen molar-refractivity contribution in [3.05, 3.63) is 34.1 Å². The molecule has 5 heteroatoms. The maximum atomic E-state index is 13.4. The fourth-order valence-corrected chi connectivity index (χ4v) is 1.90. The van der Waals surface area contributed by atoms with Crippen molar-refractivity contribution in [1.29, 1.82) is 0 Å². The summed E-state index contributed by atoms with van der Waals surface area (Å²) in [5.74, 6) is -0.916. The van der Waals surface area contributed by atoms with E-state index in [0.717, 1.165) is 12.8 Å². The minimum absolute atomic E-state index is 0.0549. The molecule has 1 amide bonds. The topological polar surface area (TPSA) is 38.3 Å². The number of ether oxygens (including phenoxy) is 1. The lowest BCUT2D eigenvalue weighted by Gasteiger charge is -2.07. The number of halogens is 2. The maximum Gasteiger partial charge on any atom is 0.255 e. The van der Waals surface area contributed by atoms with Crippen molar-refractivity contribution in [2.24, 2.45) is 0 Å². The van der Waals surface area contributed by atoms with Crippen molar-refractivity contribution in [3.8, 4) is 0 Å². The van der Waals surface area contributed by atoms with E-state index in [-0.39, 0.29) is 5.56 Å². The molecule has 0 heterocycles. The fraction of sp³-hybridized carbons (Fsp3) is 0.417. The van der Waals surface area contributed by atoms with Crippen molar-refractivity contribution in [3.63, 3.8) is 0 Å². The van der Waals surface area contributed by atoms with Gasteiger partial charge in [0.1, 0.15) is 5.82 Å². The van der Waals surface area contributed by atoms with Gasteiger partial charge in [-0.15, -0.1) is 0 Å². The fourth-order valence-electron chi connectivity index (χ4n) is 1.38. The van der Waals surface area contributed by atoms with E-state index in [1.165, 1.54) is 6.07 Å². The van der Waals surface area contributed by atoms with E-state index in [9.17, 15) is 9.18 Å². The van der Waals surface area contributed by atoms with Crippen LogP contribution in [-0.2, 0) is 4.74 Å². The number of rotatable bonds is 6. The predicted octanol–water partition coefficient (Wildman–Crippen LogP) is 2.74. The SMILES string of the molecule is COCCCCNC(=O)c1c(F)cccc1Br. The largest absolute Gasteiger partial charge is 0.385 e. The number of carbonyl (C=O) groups is 1. The van der Waals surface area contributed by atoms with E-state index in [1.54, 1.807) is 19.2 Å². The quantitative estimate of drug-likeness (QED) is 0.821. The summed E-state index contributed by atoms with van der Waals surface area (Å²) >= 11 is 3.16. The van der Waals surface area contributed by atoms with E-state index in [4.69, 9.17) is 4.74 Å². The minimum atomic E-state index is -0.520. The molecule has 0 atom stereocenters. The van der Waals surface area contributed by atoms with Gasteiger partial charge in [-0.3, -0.25) is 4.79 Å². The zero-order valence-electron chi connectivity index (χ0n) is 9.63. The lowest BCUT2D eigenvalue weighted by molar-refractivity contribution is 0.0946. The zero-order chi connectivity index (χ0) is 12.7. The van der Waals surface area contributed by atoms with Gasteiger partial charge in [0.15, 0.2) is 0 Å². The zero-order valence-corrected chi connectivity index (χ0v) is 11.2. The van der Waals surface area contributed by atoms with Crippen LogP contribution in [0, 0.1) is 5.82 Å². The Bertz CT molecular complexity index is 365. The molecule has 1 aromatic carbocycles. The smallest absolute Gasteiger partial charge is 0.255 e. The molecule has 94 valence electrons. The Morgan fingerprint density at radius 3 is 2.88 bits per heavy atom. The number of benzene rings is 1. The van der Waals surface area contributed by atoms with Crippen LogP contribution in [0.25, 0.3) is 0 Å². The van der Waals surface area contributed by atoms with E-state index in [0.29, 0.717) is 17.6 Å². The highest BCUT2D eigenvalue weighted by molar-refractivity contribution is 9.10. The summed E-state index contributed by atoms with van der Waals surface area (Å²) < 4.78 is 18.8. The molecule has 17 heavy (non-hydrogen) atoms. The molecule has 0 unspecified atom stereocenters. The van der Waals surface area contributed by atoms with Gasteiger partial charge in [0.05, 0.1) is 5.56 Å². The third kappa shape index (κ3) is 4.44. The normalized spacial score (nSPS) is 10.3. The summed E-state index contributed by atoms with van der Waals surface area (Å²) in [6.45, 7) is 1.18. The summed E-state index contributed by atoms with van der Waals surface area (Å²) in [4.78, 5) is 11.7. The highest BCUT2D eigenvalue weighted by atomic mass is 79.9. The molecular weight excluding hydrogens is 289 g/mol. The van der Waals surface area contributed by atoms with Crippen LogP contribution in [0.4, 0.5) is 4.39 Å². The van der Waals surface area contributed by atoms with Gasteiger partial charge in [-0.25, -0.2) is 4.39 Å². The molecule has 3 nitrogen and oxygen atoms in total. The molecule has 1 aromatic rings. The van der Waals surface area contributed by atoms with Crippen LogP contribution in [0.1, 0.15) is 23.2 Å². The molecule has 0 bridgehead atoms. The number of unbranched alkanes of at least 4 members (excludes halogenated alkanes) is 1. The van der Waals surface area contributed by atoms with Gasteiger partial charge < -0.3 is 10.1 Å². The van der Waals surface area contributed by atoms with E-state index < -0.39 is 11.7 Å². The number of methoxy groups -OCH3 is 1. The molecule has 1 N–H and O–H groups in total. The summed E-state index contributed by atoms with van der Waals surface area (Å²) in [5.41, 5.74) is 0.0549. The van der Waals surface area contributed by atoms with Crippen LogP contribution < -0.4 is 5.32 Å². The third-order valence-corrected chi connectivity index (χ3v) is 2.91. The highest BCUT2D eigenvalue weighted by Crippen LogP contribution is 2.19. The second-order valence-electron chi connectivity index (χ2n) is 3.55. The van der Waals surface area contributed by atoms with Gasteiger partial charge >= 0.3 is 0 Å². The van der Waals surface area contributed by atoms with Crippen molar-refractivity contribution >= 4 is 21.8 Å². The highest BCUT2D eigenvalue weighted by Gasteiger charge is 2.14. The van der Waals surface area contributed by atoms with Crippen molar-refractivity contribution in [1.82, 2.24) is 5.32 Å². The van der Waals surface area contributed by atoms with Crippen LogP contribution in [0.15, 0.2) is 22.7 Å². The predicted molar refractivity (Wildman–Crippen MR) is 67.5 cm³/mol. The molecular formula is C12H15BrFNO2. The van der Waals surface area contributed by atoms with Gasteiger partial charge in [-0.1, -0.05) is 6.07 Å². The second-order valence-corrected chi connectivity index (χ2v) is 4.41. The van der Waals surface area contributed by atoms with E-state index in [1.807, 2.05) is 0 Å². The number of nitrogens with one attached hydrogen (secondary N) is 1.